The molecule has 0 aromatic carbocycles. The SMILES string of the molecule is C.CCNC(=O)C1CCc2nc[nH]c2C1.[3H]F.[HH].[HH]. The van der Waals surface area contributed by atoms with E-state index in [1.54, 1.807) is 6.33 Å². The van der Waals surface area contributed by atoms with Crippen LogP contribution >= 0.6 is 0 Å². The van der Waals surface area contributed by atoms with Gasteiger partial charge in [0.05, 0.1) is 12.0 Å². The summed E-state index contributed by atoms with van der Waals surface area (Å²) >= 11 is 0. The van der Waals surface area contributed by atoms with E-state index in [0.29, 0.717) is 6.54 Å². The topological polar surface area (TPSA) is 57.8 Å². The molecule has 16 heavy (non-hydrogen) atoms. The Hall–Kier alpha value is -1.39. The van der Waals surface area contributed by atoms with Gasteiger partial charge < -0.3 is 10.3 Å². The molecule has 2 N–H and O–H groups in total. The fourth-order valence-corrected chi connectivity index (χ4v) is 1.94. The largest absolute Gasteiger partial charge is 0.356 e. The predicted molar refractivity (Wildman–Crippen MR) is 66.2 cm³/mol. The maximum Gasteiger partial charge on any atom is 0.269 e. The maximum absolute atomic E-state index is 11.6. The Morgan fingerprint density at radius 2 is 2.62 bits per heavy atom. The number of carbonyl (C=O) groups is 1. The smallest absolute Gasteiger partial charge is 0.269 e. The van der Waals surface area contributed by atoms with Crippen molar-refractivity contribution in [3.05, 3.63) is 17.7 Å². The molecule has 2 rings (SSSR count). The zero-order chi connectivity index (χ0) is 12.0. The van der Waals surface area contributed by atoms with E-state index < -0.39 is 0 Å². The molecule has 0 spiro atoms. The highest BCUT2D eigenvalue weighted by molar-refractivity contribution is 5.79. The van der Waals surface area contributed by atoms with Crippen LogP contribution in [-0.2, 0) is 17.6 Å². The van der Waals surface area contributed by atoms with Gasteiger partial charge in [-0.25, -0.2) is 4.98 Å². The maximum atomic E-state index is 11.6. The van der Waals surface area contributed by atoms with Gasteiger partial charge in [-0.1, -0.05) is 7.43 Å². The lowest BCUT2D eigenvalue weighted by Gasteiger charge is -2.20. The van der Waals surface area contributed by atoms with Crippen molar-refractivity contribution in [2.45, 2.75) is 33.6 Å². The fraction of sp³-hybridized carbons (Fsp3) is 0.636. The van der Waals surface area contributed by atoms with Crippen LogP contribution in [0, 0.1) is 5.92 Å². The van der Waals surface area contributed by atoms with E-state index >= 15 is 0 Å². The van der Waals surface area contributed by atoms with Gasteiger partial charge in [0.1, 0.15) is 0 Å². The molecule has 0 aliphatic heterocycles. The lowest BCUT2D eigenvalue weighted by Crippen LogP contribution is -2.33. The molecule has 4 nitrogen and oxygen atoms in total. The minimum atomic E-state index is 0. The van der Waals surface area contributed by atoms with Gasteiger partial charge in [0.2, 0.25) is 5.91 Å². The monoisotopic (exact) mass is 235 g/mol. The third-order valence-corrected chi connectivity index (χ3v) is 2.71. The molecule has 0 saturated carbocycles. The van der Waals surface area contributed by atoms with Gasteiger partial charge in [-0.15, -0.1) is 0 Å². The Morgan fingerprint density at radius 3 is 3.31 bits per heavy atom. The van der Waals surface area contributed by atoms with E-state index in [1.807, 2.05) is 6.92 Å². The van der Waals surface area contributed by atoms with Crippen molar-refractivity contribution >= 4 is 5.91 Å². The predicted octanol–water partition coefficient (Wildman–Crippen LogP) is 1.93. The molecule has 0 fully saturated rings. The standard InChI is InChI=1S/C10H15N3O.CH4.FH.2H2/c1-2-11-10(14)7-3-4-8-9(5-7)13-6-12-8;;;;/h6-7H,2-5H2,1H3,(H,11,14)(H,12,13);1H4;3*1H/i/hT. The zero-order valence-corrected chi connectivity index (χ0v) is 8.72. The quantitative estimate of drug-likeness (QED) is 0.823. The summed E-state index contributed by atoms with van der Waals surface area (Å²) in [5.41, 5.74) is 2.26. The summed E-state index contributed by atoms with van der Waals surface area (Å²) in [5, 5.41) is 2.86. The molecule has 96 valence electrons. The Morgan fingerprint density at radius 1 is 1.88 bits per heavy atom. The number of nitrogens with one attached hydrogen (secondary N) is 2. The first-order chi connectivity index (χ1) is 7.81. The highest BCUT2D eigenvalue weighted by Gasteiger charge is 2.25. The average Bonchev–Trinajstić information content (AvgIpc) is 2.79. The fourth-order valence-electron chi connectivity index (χ4n) is 1.94. The number of H-pyrrole nitrogens is 1. The molecular formula is C11H24FN3O. The van der Waals surface area contributed by atoms with Gasteiger partial charge in [0.25, 0.3) is 1.45 Å². The lowest BCUT2D eigenvalue weighted by atomic mass is 9.89. The van der Waals surface area contributed by atoms with Crippen LogP contribution in [0.5, 0.6) is 0 Å². The summed E-state index contributed by atoms with van der Waals surface area (Å²) < 4.78 is 13.0. The first-order valence-electron chi connectivity index (χ1n) is 5.48. The number of fused-ring (bicyclic) bond motifs is 1. The minimum Gasteiger partial charge on any atom is -0.356 e. The van der Waals surface area contributed by atoms with Crippen LogP contribution in [0.2, 0.25) is 0 Å². The summed E-state index contributed by atoms with van der Waals surface area (Å²) in [5.74, 6) is 0.302. The van der Waals surface area contributed by atoms with E-state index in [1.165, 1.54) is 0 Å². The number of aryl methyl sites for hydroxylation is 1. The van der Waals surface area contributed by atoms with E-state index in [0.717, 1.165) is 30.7 Å². The van der Waals surface area contributed by atoms with Crippen LogP contribution in [0.4, 0.5) is 4.72 Å². The van der Waals surface area contributed by atoms with Crippen molar-refractivity contribution in [1.29, 1.82) is 1.45 Å². The van der Waals surface area contributed by atoms with Crippen LogP contribution in [0.1, 0.15) is 35.0 Å². The van der Waals surface area contributed by atoms with Crippen LogP contribution in [0.15, 0.2) is 6.33 Å². The molecule has 0 bridgehead atoms. The van der Waals surface area contributed by atoms with Crippen LogP contribution in [0.3, 0.4) is 0 Å². The number of imidazole rings is 1. The first-order valence-corrected chi connectivity index (χ1v) is 5.10. The van der Waals surface area contributed by atoms with E-state index in [-0.39, 0.29) is 22.1 Å². The number of halogens is 1. The second-order valence-corrected chi connectivity index (χ2v) is 3.66. The zero-order valence-electron chi connectivity index (χ0n) is 9.72. The molecule has 1 aliphatic rings. The normalized spacial score (nSPS) is 18.1. The third-order valence-electron chi connectivity index (χ3n) is 2.71. The number of hydrogen-bond acceptors (Lipinski definition) is 2. The summed E-state index contributed by atoms with van der Waals surface area (Å²) in [6, 6.07) is 0. The van der Waals surface area contributed by atoms with Gasteiger partial charge in [-0.2, -0.15) is 0 Å². The van der Waals surface area contributed by atoms with E-state index in [4.69, 9.17) is 4.72 Å². The highest BCUT2D eigenvalue weighted by Crippen LogP contribution is 2.22. The number of amides is 1. The van der Waals surface area contributed by atoms with Crippen LogP contribution < -0.4 is 5.32 Å². The number of carbonyl (C=O) groups excluding carboxylic acids is 1. The molecule has 1 aromatic rings. The summed E-state index contributed by atoms with van der Waals surface area (Å²) in [7, 11) is 0. The molecular weight excluding hydrogens is 209 g/mol. The van der Waals surface area contributed by atoms with Gasteiger partial charge in [0.15, 0.2) is 0 Å². The van der Waals surface area contributed by atoms with E-state index in [9.17, 15) is 4.79 Å². The van der Waals surface area contributed by atoms with Gasteiger partial charge in [-0.05, 0) is 19.8 Å². The van der Waals surface area contributed by atoms with Crippen molar-refractivity contribution in [3.63, 3.8) is 0 Å². The highest BCUT2D eigenvalue weighted by atomic mass is 19.0. The molecule has 1 aliphatic carbocycles. The Balaban J connectivity index is -0.000000489. The first kappa shape index (κ1) is 12.7. The Labute approximate surface area is 99.7 Å². The second-order valence-electron chi connectivity index (χ2n) is 3.66. The number of aromatic nitrogens is 2. The average molecular weight is 235 g/mol. The minimum absolute atomic E-state index is 0. The molecule has 1 heterocycles. The van der Waals surface area contributed by atoms with Gasteiger partial charge >= 0.3 is 0 Å². The lowest BCUT2D eigenvalue weighted by molar-refractivity contribution is -0.125. The van der Waals surface area contributed by atoms with Crippen molar-refractivity contribution in [2.75, 3.05) is 6.54 Å². The van der Waals surface area contributed by atoms with Crippen LogP contribution in [-0.4, -0.2) is 23.9 Å². The molecule has 1 unspecified atom stereocenters. The summed E-state index contributed by atoms with van der Waals surface area (Å²) in [4.78, 5) is 18.9. The second kappa shape index (κ2) is 6.25. The van der Waals surface area contributed by atoms with Crippen molar-refractivity contribution in [2.24, 2.45) is 5.92 Å². The Kier molecular flexibility index (Phi) is 4.95. The molecule has 0 radical (unpaired) electrons. The van der Waals surface area contributed by atoms with E-state index in [2.05, 4.69) is 16.7 Å². The van der Waals surface area contributed by atoms with Gasteiger partial charge in [-0.3, -0.25) is 9.51 Å². The molecule has 1 atom stereocenters. The molecule has 1 aromatic heterocycles. The molecule has 5 heteroatoms. The van der Waals surface area contributed by atoms with Crippen molar-refractivity contribution in [3.8, 4) is 0 Å². The van der Waals surface area contributed by atoms with Crippen molar-refractivity contribution < 1.29 is 12.4 Å². The Bertz CT molecular complexity index is 350. The van der Waals surface area contributed by atoms with Crippen molar-refractivity contribution in [1.82, 2.24) is 15.3 Å². The van der Waals surface area contributed by atoms with Gasteiger partial charge in [0, 0.05) is 27.4 Å². The number of aromatic amines is 1. The third kappa shape index (κ3) is 2.81. The summed E-state index contributed by atoms with van der Waals surface area (Å²) in [6.07, 6.45) is 4.36. The number of hydrogen-bond donors (Lipinski definition) is 2. The summed E-state index contributed by atoms with van der Waals surface area (Å²) in [6.45, 7) is 2.66. The number of rotatable bonds is 2. The van der Waals surface area contributed by atoms with Crippen LogP contribution in [0.25, 0.3) is 0 Å². The molecule has 1 amide bonds. The molecule has 0 saturated heterocycles. The number of nitrogens with zero attached hydrogens (tertiary/aromatic N) is 1.